The molecule has 2 heterocycles. The molecule has 4 heteroatoms. The summed E-state index contributed by atoms with van der Waals surface area (Å²) in [7, 11) is 0. The van der Waals surface area contributed by atoms with Gasteiger partial charge >= 0.3 is 0 Å². The third-order valence-electron chi connectivity index (χ3n) is 19.8. The summed E-state index contributed by atoms with van der Waals surface area (Å²) < 4.78 is 4.98. The number of hydrogen-bond acceptors (Lipinski definition) is 2. The van der Waals surface area contributed by atoms with Crippen molar-refractivity contribution in [2.24, 2.45) is 0 Å². The predicted molar refractivity (Wildman–Crippen MR) is 386 cm³/mol. The first-order valence-electron chi connectivity index (χ1n) is 31.8. The fraction of sp³-hybridized carbons (Fsp3) is 0.163. The van der Waals surface area contributed by atoms with Crippen LogP contribution in [-0.4, -0.2) is 9.13 Å². The molecule has 0 aliphatic heterocycles. The van der Waals surface area contributed by atoms with E-state index in [1.807, 2.05) is 0 Å². The van der Waals surface area contributed by atoms with Crippen LogP contribution >= 0.6 is 0 Å². The summed E-state index contributed by atoms with van der Waals surface area (Å²) in [5, 5.41) is 7.37. The Hall–Kier alpha value is -10.2. The zero-order chi connectivity index (χ0) is 62.2. The van der Waals surface area contributed by atoms with Crippen molar-refractivity contribution >= 4 is 88.5 Å². The SMILES string of the molecule is C=C.CC(C)(C)c1cccc(N(c2ccc3c(c2)C(C)(C)c2ccccc2-3)c2ccc3c4c5ccc6c(c5ccc4n(-c4ccccc4)c3c2)c2ccc(N(c3cccc(C(C)(C)C)c3)c3ccc4c(c3)C(C)(C)c3ccccc3-4)cc2n6-c2ccccc2)c1. The molecule has 0 atom stereocenters. The molecule has 0 N–H and O–H groups in total. The van der Waals surface area contributed by atoms with Gasteiger partial charge in [-0.1, -0.05) is 215 Å². The normalized spacial score (nSPS) is 13.7. The van der Waals surface area contributed by atoms with Crippen LogP contribution in [0.1, 0.15) is 103 Å². The van der Waals surface area contributed by atoms with Crippen molar-refractivity contribution in [3.05, 3.63) is 301 Å². The molecule has 4 nitrogen and oxygen atoms in total. The number of anilines is 6. The third kappa shape index (κ3) is 8.70. The van der Waals surface area contributed by atoms with Gasteiger partial charge in [-0.2, -0.15) is 0 Å². The number of fused-ring (bicyclic) bond motifs is 15. The molecule has 0 fully saturated rings. The monoisotopic (exact) mass is 1160 g/mol. The van der Waals surface area contributed by atoms with Gasteiger partial charge in [0.15, 0.2) is 0 Å². The molecular formula is C86H76N4. The van der Waals surface area contributed by atoms with E-state index in [1.165, 1.54) is 99.0 Å². The van der Waals surface area contributed by atoms with Crippen LogP contribution < -0.4 is 9.80 Å². The maximum atomic E-state index is 3.00. The van der Waals surface area contributed by atoms with Gasteiger partial charge < -0.3 is 18.9 Å². The molecule has 0 unspecified atom stereocenters. The van der Waals surface area contributed by atoms with Crippen molar-refractivity contribution in [1.82, 2.24) is 9.13 Å². The first kappa shape index (κ1) is 56.4. The number of aromatic nitrogens is 2. The minimum atomic E-state index is -0.153. The van der Waals surface area contributed by atoms with Crippen LogP contribution in [0.3, 0.4) is 0 Å². The molecular weight excluding hydrogens is 1090 g/mol. The Bertz CT molecular complexity index is 4870. The molecule has 12 aromatic carbocycles. The fourth-order valence-electron chi connectivity index (χ4n) is 15.2. The first-order valence-corrected chi connectivity index (χ1v) is 31.8. The Morgan fingerprint density at radius 2 is 0.622 bits per heavy atom. The summed E-state index contributed by atoms with van der Waals surface area (Å²) >= 11 is 0. The van der Waals surface area contributed by atoms with E-state index in [-0.39, 0.29) is 21.7 Å². The summed E-state index contributed by atoms with van der Waals surface area (Å²) in [5.74, 6) is 0. The second kappa shape index (κ2) is 20.7. The topological polar surface area (TPSA) is 16.3 Å². The van der Waals surface area contributed by atoms with E-state index in [1.54, 1.807) is 0 Å². The minimum absolute atomic E-state index is 0.0395. The molecule has 2 aromatic heterocycles. The van der Waals surface area contributed by atoms with Gasteiger partial charge in [0.25, 0.3) is 0 Å². The lowest BCUT2D eigenvalue weighted by molar-refractivity contribution is 0.590. The lowest BCUT2D eigenvalue weighted by atomic mass is 9.82. The van der Waals surface area contributed by atoms with Gasteiger partial charge in [0.1, 0.15) is 0 Å². The molecule has 0 saturated carbocycles. The van der Waals surface area contributed by atoms with Crippen molar-refractivity contribution in [3.8, 4) is 33.6 Å². The van der Waals surface area contributed by atoms with E-state index in [2.05, 4.69) is 356 Å². The number of rotatable bonds is 8. The van der Waals surface area contributed by atoms with Crippen LogP contribution in [0.5, 0.6) is 0 Å². The van der Waals surface area contributed by atoms with Gasteiger partial charge in [-0.3, -0.25) is 0 Å². The van der Waals surface area contributed by atoms with Crippen molar-refractivity contribution in [1.29, 1.82) is 0 Å². The second-order valence-corrected chi connectivity index (χ2v) is 27.8. The van der Waals surface area contributed by atoms with Crippen molar-refractivity contribution in [3.63, 3.8) is 0 Å². The highest BCUT2D eigenvalue weighted by Crippen LogP contribution is 2.54. The van der Waals surface area contributed by atoms with Crippen LogP contribution in [0.25, 0.3) is 88.0 Å². The molecule has 0 amide bonds. The van der Waals surface area contributed by atoms with E-state index in [9.17, 15) is 0 Å². The van der Waals surface area contributed by atoms with Gasteiger partial charge in [0, 0.05) is 77.9 Å². The predicted octanol–water partition coefficient (Wildman–Crippen LogP) is 24.0. The van der Waals surface area contributed by atoms with Crippen LogP contribution in [0.2, 0.25) is 0 Å². The molecule has 0 spiro atoms. The Morgan fingerprint density at radius 1 is 0.289 bits per heavy atom. The summed E-state index contributed by atoms with van der Waals surface area (Å²) in [6.45, 7) is 29.4. The molecule has 2 aliphatic carbocycles. The zero-order valence-electron chi connectivity index (χ0n) is 53.5. The molecule has 2 aliphatic rings. The zero-order valence-corrected chi connectivity index (χ0v) is 53.5. The molecule has 0 saturated heterocycles. The van der Waals surface area contributed by atoms with Gasteiger partial charge in [-0.25, -0.2) is 0 Å². The molecule has 0 radical (unpaired) electrons. The lowest BCUT2D eigenvalue weighted by Crippen LogP contribution is -2.17. The number of hydrogen-bond donors (Lipinski definition) is 0. The van der Waals surface area contributed by atoms with Crippen molar-refractivity contribution < 1.29 is 0 Å². The Kier molecular flexibility index (Phi) is 13.0. The van der Waals surface area contributed by atoms with E-state index >= 15 is 0 Å². The third-order valence-corrected chi connectivity index (χ3v) is 19.8. The van der Waals surface area contributed by atoms with Gasteiger partial charge in [-0.15, -0.1) is 13.2 Å². The summed E-state index contributed by atoms with van der Waals surface area (Å²) in [4.78, 5) is 4.98. The fourth-order valence-corrected chi connectivity index (χ4v) is 15.2. The second-order valence-electron chi connectivity index (χ2n) is 27.8. The molecule has 0 bridgehead atoms. The Balaban J connectivity index is 0.00000335. The average Bonchev–Trinajstić information content (AvgIpc) is 1.56. The Morgan fingerprint density at radius 3 is 1.02 bits per heavy atom. The average molecular weight is 1170 g/mol. The van der Waals surface area contributed by atoms with Crippen LogP contribution in [0, 0.1) is 0 Å². The van der Waals surface area contributed by atoms with E-state index in [4.69, 9.17) is 0 Å². The maximum Gasteiger partial charge on any atom is 0.0562 e. The van der Waals surface area contributed by atoms with Crippen molar-refractivity contribution in [2.75, 3.05) is 9.80 Å². The van der Waals surface area contributed by atoms with Crippen LogP contribution in [0.4, 0.5) is 34.1 Å². The molecule has 16 rings (SSSR count). The van der Waals surface area contributed by atoms with Gasteiger partial charge in [-0.05, 0) is 186 Å². The van der Waals surface area contributed by atoms with Gasteiger partial charge in [0.05, 0.1) is 22.1 Å². The molecule has 440 valence electrons. The lowest BCUT2D eigenvalue weighted by Gasteiger charge is -2.29. The quantitative estimate of drug-likeness (QED) is 0.141. The van der Waals surface area contributed by atoms with Gasteiger partial charge in [0.2, 0.25) is 0 Å². The number of benzene rings is 12. The van der Waals surface area contributed by atoms with Crippen LogP contribution in [-0.2, 0) is 21.7 Å². The number of para-hydroxylation sites is 2. The molecule has 90 heavy (non-hydrogen) atoms. The van der Waals surface area contributed by atoms with Crippen molar-refractivity contribution in [2.45, 2.75) is 90.9 Å². The summed E-state index contributed by atoms with van der Waals surface area (Å²) in [6, 6.07) is 96.4. The summed E-state index contributed by atoms with van der Waals surface area (Å²) in [6.07, 6.45) is 0. The summed E-state index contributed by atoms with van der Waals surface area (Å²) in [5.41, 5.74) is 26.6. The van der Waals surface area contributed by atoms with E-state index < -0.39 is 0 Å². The van der Waals surface area contributed by atoms with Crippen LogP contribution in [0.15, 0.2) is 268 Å². The standard InChI is InChI=1S/C84H72N4.C2H4/c1-81(2,3)53-23-21-29-57(47-53)85(59-35-39-65-63-31-17-19-33-71(63)83(7,8)73(65)49-59)61-37-41-69-77(51-61)87(55-25-13-11-14-26-55)75-45-43-68-67(79(69)75)44-46-76-80(68)70-42-38-62(52-78(70)88(76)56-27-15-12-16-28-56)86(58-30-22-24-54(48-58)82(4,5)6)60-36-40-66-64-32-18-20-34-72(64)84(9,10)74(66)50-60;1-2/h11-52H,1-10H3;1-2H2. The molecule has 14 aromatic rings. The minimum Gasteiger partial charge on any atom is -0.310 e. The Labute approximate surface area is 530 Å². The van der Waals surface area contributed by atoms with E-state index in [0.717, 1.165) is 56.5 Å². The maximum absolute atomic E-state index is 3.00. The first-order chi connectivity index (χ1) is 43.4. The largest absolute Gasteiger partial charge is 0.310 e. The highest BCUT2D eigenvalue weighted by Gasteiger charge is 2.38. The smallest absolute Gasteiger partial charge is 0.0562 e. The highest BCUT2D eigenvalue weighted by atomic mass is 15.2. The number of nitrogens with zero attached hydrogens (tertiary/aromatic N) is 4. The van der Waals surface area contributed by atoms with E-state index in [0.29, 0.717) is 0 Å². The highest BCUT2D eigenvalue weighted by molar-refractivity contribution is 6.30.